The molecule has 0 spiro atoms. The minimum atomic E-state index is -4.24. The van der Waals surface area contributed by atoms with E-state index in [1.807, 2.05) is 0 Å². The Kier molecular flexibility index (Phi) is 4.50. The van der Waals surface area contributed by atoms with Gasteiger partial charge in [0.25, 0.3) is 0 Å². The highest BCUT2D eigenvalue weighted by Gasteiger charge is 2.29. The molecule has 0 aromatic heterocycles. The van der Waals surface area contributed by atoms with Crippen LogP contribution in [0.4, 0.5) is 13.2 Å². The minimum Gasteiger partial charge on any atom is -0.314 e. The van der Waals surface area contributed by atoms with Crippen molar-refractivity contribution >= 4 is 0 Å². The first-order valence-electron chi connectivity index (χ1n) is 6.84. The van der Waals surface area contributed by atoms with Gasteiger partial charge in [-0.1, -0.05) is 19.1 Å². The summed E-state index contributed by atoms with van der Waals surface area (Å²) in [5, 5.41) is 3.48. The van der Waals surface area contributed by atoms with Gasteiger partial charge in [0.05, 0.1) is 5.56 Å². The van der Waals surface area contributed by atoms with Crippen molar-refractivity contribution in [1.82, 2.24) is 5.32 Å². The summed E-state index contributed by atoms with van der Waals surface area (Å²) in [6.45, 7) is 3.31. The number of benzene rings is 1. The second-order valence-electron chi connectivity index (χ2n) is 5.51. The van der Waals surface area contributed by atoms with Gasteiger partial charge >= 0.3 is 6.18 Å². The van der Waals surface area contributed by atoms with Crippen molar-refractivity contribution < 1.29 is 13.2 Å². The fourth-order valence-electron chi connectivity index (χ4n) is 2.64. The Morgan fingerprint density at radius 3 is 2.47 bits per heavy atom. The highest BCUT2D eigenvalue weighted by Crippen LogP contribution is 2.29. The van der Waals surface area contributed by atoms with Gasteiger partial charge in [-0.25, -0.2) is 0 Å². The molecule has 0 bridgehead atoms. The largest absolute Gasteiger partial charge is 0.416 e. The fraction of sp³-hybridized carbons (Fsp3) is 0.600. The van der Waals surface area contributed by atoms with Crippen LogP contribution in [0, 0.1) is 5.92 Å². The standard InChI is InChI=1S/C15H20F3N/c1-11-8-9-19-14(10-11)7-4-12-2-5-13(6-3-12)15(16,17)18/h2-3,5-6,11,14,19H,4,7-10H2,1H3/t11-,14-/m0/s1. The van der Waals surface area contributed by atoms with Crippen LogP contribution in [0.25, 0.3) is 0 Å². The van der Waals surface area contributed by atoms with Crippen molar-refractivity contribution in [3.63, 3.8) is 0 Å². The van der Waals surface area contributed by atoms with Crippen LogP contribution < -0.4 is 5.32 Å². The average molecular weight is 271 g/mol. The molecule has 0 radical (unpaired) electrons. The number of piperidine rings is 1. The van der Waals surface area contributed by atoms with E-state index in [9.17, 15) is 13.2 Å². The number of alkyl halides is 3. The van der Waals surface area contributed by atoms with E-state index in [0.29, 0.717) is 6.04 Å². The van der Waals surface area contributed by atoms with Crippen LogP contribution in [-0.4, -0.2) is 12.6 Å². The Bertz CT molecular complexity index is 397. The summed E-state index contributed by atoms with van der Waals surface area (Å²) in [7, 11) is 0. The molecule has 2 atom stereocenters. The molecule has 1 nitrogen and oxygen atoms in total. The molecular weight excluding hydrogens is 251 g/mol. The first kappa shape index (κ1) is 14.4. The number of hydrogen-bond donors (Lipinski definition) is 1. The molecule has 1 aliphatic heterocycles. The van der Waals surface area contributed by atoms with Crippen LogP contribution in [0.2, 0.25) is 0 Å². The predicted octanol–water partition coefficient (Wildman–Crippen LogP) is 4.03. The van der Waals surface area contributed by atoms with Crippen molar-refractivity contribution in [2.75, 3.05) is 6.54 Å². The third-order valence-corrected chi connectivity index (χ3v) is 3.82. The smallest absolute Gasteiger partial charge is 0.314 e. The lowest BCUT2D eigenvalue weighted by atomic mass is 9.91. The van der Waals surface area contributed by atoms with Crippen LogP contribution in [-0.2, 0) is 12.6 Å². The van der Waals surface area contributed by atoms with Gasteiger partial charge in [0.2, 0.25) is 0 Å². The lowest BCUT2D eigenvalue weighted by Crippen LogP contribution is -2.37. The zero-order valence-corrected chi connectivity index (χ0v) is 11.1. The van der Waals surface area contributed by atoms with Crippen LogP contribution in [0.3, 0.4) is 0 Å². The summed E-state index contributed by atoms with van der Waals surface area (Å²) in [4.78, 5) is 0. The molecular formula is C15H20F3N. The molecule has 106 valence electrons. The molecule has 1 fully saturated rings. The molecule has 1 aliphatic rings. The molecule has 2 rings (SSSR count). The van der Waals surface area contributed by atoms with E-state index in [1.54, 1.807) is 12.1 Å². The molecule has 1 aromatic carbocycles. The third kappa shape index (κ3) is 4.23. The van der Waals surface area contributed by atoms with Crippen LogP contribution in [0.1, 0.15) is 37.3 Å². The highest BCUT2D eigenvalue weighted by molar-refractivity contribution is 5.24. The topological polar surface area (TPSA) is 12.0 Å². The summed E-state index contributed by atoms with van der Waals surface area (Å²) in [5.74, 6) is 0.749. The first-order chi connectivity index (χ1) is 8.95. The number of hydrogen-bond acceptors (Lipinski definition) is 1. The fourth-order valence-corrected chi connectivity index (χ4v) is 2.64. The lowest BCUT2D eigenvalue weighted by Gasteiger charge is -2.28. The molecule has 1 aromatic rings. The van der Waals surface area contributed by atoms with E-state index in [1.165, 1.54) is 25.0 Å². The van der Waals surface area contributed by atoms with Gasteiger partial charge in [0, 0.05) is 6.04 Å². The molecule has 4 heteroatoms. The second kappa shape index (κ2) is 5.95. The Balaban J connectivity index is 1.86. The van der Waals surface area contributed by atoms with E-state index in [0.717, 1.165) is 30.9 Å². The van der Waals surface area contributed by atoms with E-state index in [4.69, 9.17) is 0 Å². The van der Waals surface area contributed by atoms with Crippen molar-refractivity contribution in [3.8, 4) is 0 Å². The summed E-state index contributed by atoms with van der Waals surface area (Å²) < 4.78 is 37.3. The minimum absolute atomic E-state index is 0.506. The summed E-state index contributed by atoms with van der Waals surface area (Å²) >= 11 is 0. The van der Waals surface area contributed by atoms with E-state index >= 15 is 0 Å². The van der Waals surface area contributed by atoms with Gasteiger partial charge in [-0.05, 0) is 55.8 Å². The Morgan fingerprint density at radius 2 is 1.89 bits per heavy atom. The maximum Gasteiger partial charge on any atom is 0.416 e. The predicted molar refractivity (Wildman–Crippen MR) is 70.0 cm³/mol. The van der Waals surface area contributed by atoms with E-state index in [-0.39, 0.29) is 0 Å². The van der Waals surface area contributed by atoms with Gasteiger partial charge in [-0.15, -0.1) is 0 Å². The molecule has 1 N–H and O–H groups in total. The van der Waals surface area contributed by atoms with Crippen LogP contribution >= 0.6 is 0 Å². The van der Waals surface area contributed by atoms with Gasteiger partial charge in [0.1, 0.15) is 0 Å². The van der Waals surface area contributed by atoms with Gasteiger partial charge in [0.15, 0.2) is 0 Å². The Labute approximate surface area is 112 Å². The van der Waals surface area contributed by atoms with E-state index < -0.39 is 11.7 Å². The van der Waals surface area contributed by atoms with Crippen molar-refractivity contribution in [2.45, 2.75) is 44.8 Å². The molecule has 1 heterocycles. The average Bonchev–Trinajstić information content (AvgIpc) is 2.36. The summed E-state index contributed by atoms with van der Waals surface area (Å²) in [6, 6.07) is 6.04. The molecule has 1 saturated heterocycles. The van der Waals surface area contributed by atoms with Gasteiger partial charge in [-0.3, -0.25) is 0 Å². The van der Waals surface area contributed by atoms with Crippen LogP contribution in [0.5, 0.6) is 0 Å². The van der Waals surface area contributed by atoms with Crippen molar-refractivity contribution in [3.05, 3.63) is 35.4 Å². The monoisotopic (exact) mass is 271 g/mol. The third-order valence-electron chi connectivity index (χ3n) is 3.82. The zero-order valence-electron chi connectivity index (χ0n) is 11.1. The normalized spacial score (nSPS) is 24.4. The molecule has 0 amide bonds. The summed E-state index contributed by atoms with van der Waals surface area (Å²) in [5.41, 5.74) is 0.411. The maximum absolute atomic E-state index is 12.4. The van der Waals surface area contributed by atoms with Crippen molar-refractivity contribution in [1.29, 1.82) is 0 Å². The zero-order chi connectivity index (χ0) is 13.9. The number of nitrogens with one attached hydrogen (secondary N) is 1. The maximum atomic E-state index is 12.4. The number of aryl methyl sites for hydroxylation is 1. The Morgan fingerprint density at radius 1 is 1.21 bits per heavy atom. The number of halogens is 3. The van der Waals surface area contributed by atoms with Gasteiger partial charge < -0.3 is 5.32 Å². The summed E-state index contributed by atoms with van der Waals surface area (Å²) in [6.07, 6.45) is -0.0193. The van der Waals surface area contributed by atoms with Crippen LogP contribution in [0.15, 0.2) is 24.3 Å². The number of rotatable bonds is 3. The molecule has 0 saturated carbocycles. The second-order valence-corrected chi connectivity index (χ2v) is 5.51. The SMILES string of the molecule is C[C@H]1CCN[C@@H](CCc2ccc(C(F)(F)F)cc2)C1. The lowest BCUT2D eigenvalue weighted by molar-refractivity contribution is -0.137. The highest BCUT2D eigenvalue weighted by atomic mass is 19.4. The Hall–Kier alpha value is -1.03. The first-order valence-corrected chi connectivity index (χ1v) is 6.84. The molecule has 0 aliphatic carbocycles. The van der Waals surface area contributed by atoms with Crippen molar-refractivity contribution in [2.24, 2.45) is 5.92 Å². The van der Waals surface area contributed by atoms with Gasteiger partial charge in [-0.2, -0.15) is 13.2 Å². The molecule has 19 heavy (non-hydrogen) atoms. The quantitative estimate of drug-likeness (QED) is 0.875. The van der Waals surface area contributed by atoms with E-state index in [2.05, 4.69) is 12.2 Å². The molecule has 0 unspecified atom stereocenters.